The minimum Gasteiger partial charge on any atom is -0.488 e. The van der Waals surface area contributed by atoms with Gasteiger partial charge in [0.1, 0.15) is 40.6 Å². The molecule has 8 nitrogen and oxygen atoms in total. The quantitative estimate of drug-likeness (QED) is 0.453. The van der Waals surface area contributed by atoms with Crippen LogP contribution >= 0.6 is 0 Å². The van der Waals surface area contributed by atoms with Crippen LogP contribution in [0.15, 0.2) is 35.0 Å². The lowest BCUT2D eigenvalue weighted by atomic mass is 10.0. The van der Waals surface area contributed by atoms with Crippen LogP contribution < -0.4 is 20.8 Å². The van der Waals surface area contributed by atoms with Gasteiger partial charge in [0.15, 0.2) is 5.89 Å². The number of nitrogens with zero attached hydrogens (tertiary/aromatic N) is 4. The summed E-state index contributed by atoms with van der Waals surface area (Å²) in [6, 6.07) is 7.54. The monoisotopic (exact) mass is 431 g/mol. The van der Waals surface area contributed by atoms with E-state index in [0.717, 1.165) is 60.3 Å². The predicted octanol–water partition coefficient (Wildman–Crippen LogP) is 2.01. The summed E-state index contributed by atoms with van der Waals surface area (Å²) >= 11 is 0. The molecule has 3 aliphatic rings. The van der Waals surface area contributed by atoms with Crippen molar-refractivity contribution in [3.8, 4) is 5.75 Å². The molecule has 2 fully saturated rings. The number of oxazole rings is 1. The fraction of sp³-hybridized carbons (Fsp3) is 0.417. The Bertz CT molecular complexity index is 1210. The number of nitrogen functional groups attached to an aromatic ring is 1. The van der Waals surface area contributed by atoms with Gasteiger partial charge in [-0.3, -0.25) is 5.41 Å². The van der Waals surface area contributed by atoms with Crippen LogP contribution in [0.2, 0.25) is 0 Å². The fourth-order valence-corrected chi connectivity index (χ4v) is 4.12. The second-order valence-corrected chi connectivity index (χ2v) is 9.34. The Kier molecular flexibility index (Phi) is 4.25. The molecule has 8 heteroatoms. The minimum absolute atomic E-state index is 0.0716. The third-order valence-corrected chi connectivity index (χ3v) is 6.56. The smallest absolute Gasteiger partial charge is 0.232 e. The van der Waals surface area contributed by atoms with Crippen LogP contribution in [0.1, 0.15) is 67.1 Å². The maximum atomic E-state index is 6.53. The van der Waals surface area contributed by atoms with Gasteiger partial charge in [0.05, 0.1) is 12.1 Å². The van der Waals surface area contributed by atoms with E-state index in [4.69, 9.17) is 25.3 Å². The third kappa shape index (κ3) is 3.59. The zero-order chi connectivity index (χ0) is 21.9. The van der Waals surface area contributed by atoms with Gasteiger partial charge in [-0.15, -0.1) is 0 Å². The summed E-state index contributed by atoms with van der Waals surface area (Å²) in [6.07, 6.45) is 6.86. The number of hydrogen-bond acceptors (Lipinski definition) is 7. The van der Waals surface area contributed by atoms with Crippen LogP contribution in [-0.4, -0.2) is 32.8 Å². The largest absolute Gasteiger partial charge is 0.488 e. The molecule has 3 aromatic rings. The first kappa shape index (κ1) is 19.3. The van der Waals surface area contributed by atoms with E-state index in [1.807, 2.05) is 24.3 Å². The first-order chi connectivity index (χ1) is 15.5. The maximum Gasteiger partial charge on any atom is 0.232 e. The summed E-state index contributed by atoms with van der Waals surface area (Å²) in [4.78, 5) is 15.8. The van der Waals surface area contributed by atoms with E-state index >= 15 is 0 Å². The highest BCUT2D eigenvalue weighted by Gasteiger charge is 2.40. The van der Waals surface area contributed by atoms with E-state index in [0.29, 0.717) is 29.6 Å². The summed E-state index contributed by atoms with van der Waals surface area (Å²) in [5, 5.41) is 6.53. The highest BCUT2D eigenvalue weighted by atomic mass is 16.5. The van der Waals surface area contributed by atoms with Crippen LogP contribution in [0.3, 0.4) is 0 Å². The van der Waals surface area contributed by atoms with E-state index in [9.17, 15) is 0 Å². The van der Waals surface area contributed by atoms with Crippen LogP contribution in [-0.2, 0) is 13.0 Å². The first-order valence-corrected chi connectivity index (χ1v) is 11.2. The van der Waals surface area contributed by atoms with E-state index in [2.05, 4.69) is 21.8 Å². The molecule has 2 saturated carbocycles. The lowest BCUT2D eigenvalue weighted by Gasteiger charge is -2.26. The molecule has 0 saturated heterocycles. The van der Waals surface area contributed by atoms with Gasteiger partial charge in [-0.1, -0.05) is 0 Å². The maximum absolute atomic E-state index is 6.53. The lowest BCUT2D eigenvalue weighted by Crippen LogP contribution is -2.42. The first-order valence-electron chi connectivity index (χ1n) is 11.2. The molecule has 2 aliphatic carbocycles. The van der Waals surface area contributed by atoms with Gasteiger partial charge in [-0.2, -0.15) is 0 Å². The summed E-state index contributed by atoms with van der Waals surface area (Å²) in [6.45, 7) is 3.60. The number of benzene rings is 1. The Morgan fingerprint density at radius 2 is 2.09 bits per heavy atom. The van der Waals surface area contributed by atoms with E-state index in [1.165, 1.54) is 12.8 Å². The van der Waals surface area contributed by atoms with Crippen molar-refractivity contribution in [1.82, 2.24) is 15.0 Å². The van der Waals surface area contributed by atoms with Crippen molar-refractivity contribution < 1.29 is 14.6 Å². The second-order valence-electron chi connectivity index (χ2n) is 9.34. The van der Waals surface area contributed by atoms with Crippen molar-refractivity contribution in [3.05, 3.63) is 59.2 Å². The van der Waals surface area contributed by atoms with Crippen LogP contribution in [0.4, 0.5) is 11.5 Å². The summed E-state index contributed by atoms with van der Waals surface area (Å²) in [5.41, 5.74) is 9.65. The SMILES string of the molecule is CC1(Oc2ccc(N)c(C(=[NH2+])c3cc(N4CCc5oc(C6CC6)nc5C4)ncn3)c2)CC1. The summed E-state index contributed by atoms with van der Waals surface area (Å²) in [7, 11) is 0. The molecule has 1 aliphatic heterocycles. The van der Waals surface area contributed by atoms with E-state index in [-0.39, 0.29) is 5.60 Å². The Morgan fingerprint density at radius 1 is 1.25 bits per heavy atom. The highest BCUT2D eigenvalue weighted by Crippen LogP contribution is 2.41. The molecule has 32 heavy (non-hydrogen) atoms. The summed E-state index contributed by atoms with van der Waals surface area (Å²) in [5.74, 6) is 4.01. The number of hydrogen-bond donors (Lipinski definition) is 2. The van der Waals surface area contributed by atoms with Gasteiger partial charge in [0.2, 0.25) is 5.71 Å². The minimum atomic E-state index is -0.0716. The average Bonchev–Trinajstić information content (AvgIpc) is 3.73. The number of nitrogens with two attached hydrogens (primary N) is 2. The Labute approximate surface area is 186 Å². The zero-order valence-corrected chi connectivity index (χ0v) is 18.2. The molecule has 0 unspecified atom stereocenters. The predicted molar refractivity (Wildman–Crippen MR) is 120 cm³/mol. The molecule has 4 N–H and O–H groups in total. The van der Waals surface area contributed by atoms with Crippen molar-refractivity contribution in [2.24, 2.45) is 0 Å². The van der Waals surface area contributed by atoms with Crippen molar-refractivity contribution in [2.75, 3.05) is 17.2 Å². The zero-order valence-electron chi connectivity index (χ0n) is 18.2. The highest BCUT2D eigenvalue weighted by molar-refractivity contribution is 6.11. The Balaban J connectivity index is 1.24. The number of rotatable bonds is 6. The molecule has 2 aromatic heterocycles. The van der Waals surface area contributed by atoms with Gasteiger partial charge in [-0.05, 0) is 50.8 Å². The second kappa shape index (κ2) is 7.05. The molecule has 164 valence electrons. The molecule has 0 atom stereocenters. The Hall–Kier alpha value is -3.42. The van der Waals surface area contributed by atoms with E-state index in [1.54, 1.807) is 6.33 Å². The number of aromatic nitrogens is 3. The summed E-state index contributed by atoms with van der Waals surface area (Å²) < 4.78 is 12.1. The molecule has 3 heterocycles. The molecule has 0 spiro atoms. The van der Waals surface area contributed by atoms with Gasteiger partial charge >= 0.3 is 0 Å². The third-order valence-electron chi connectivity index (χ3n) is 6.56. The van der Waals surface area contributed by atoms with Crippen molar-refractivity contribution in [2.45, 2.75) is 57.1 Å². The molecule has 0 bridgehead atoms. The molecule has 0 radical (unpaired) electrons. The molecular weight excluding hydrogens is 404 g/mol. The standard InChI is InChI=1S/C24H26N6O2/c1-24(7-8-24)32-15-4-5-17(25)16(10-15)22(26)18-11-21(28-13-27-18)30-9-6-20-19(12-30)29-23(31-20)14-2-3-14/h4-5,10-11,13-14,26H,2-3,6-9,12,25H2,1H3/p+1. The van der Waals surface area contributed by atoms with Crippen molar-refractivity contribution in [1.29, 1.82) is 0 Å². The van der Waals surface area contributed by atoms with Crippen LogP contribution in [0.5, 0.6) is 5.75 Å². The molecular formula is C24H27N6O2+. The lowest BCUT2D eigenvalue weighted by molar-refractivity contribution is -0.111. The van der Waals surface area contributed by atoms with Crippen molar-refractivity contribution >= 4 is 17.2 Å². The molecule has 1 aromatic carbocycles. The van der Waals surface area contributed by atoms with Gasteiger partial charge in [0, 0.05) is 30.6 Å². The average molecular weight is 432 g/mol. The Morgan fingerprint density at radius 3 is 2.88 bits per heavy atom. The normalized spacial score (nSPS) is 18.8. The van der Waals surface area contributed by atoms with E-state index < -0.39 is 0 Å². The molecule has 0 amide bonds. The van der Waals surface area contributed by atoms with Crippen LogP contribution in [0.25, 0.3) is 0 Å². The van der Waals surface area contributed by atoms with Crippen LogP contribution in [0, 0.1) is 0 Å². The fourth-order valence-electron chi connectivity index (χ4n) is 4.12. The van der Waals surface area contributed by atoms with Gasteiger partial charge in [0.25, 0.3) is 0 Å². The number of fused-ring (bicyclic) bond motifs is 1. The van der Waals surface area contributed by atoms with Gasteiger partial charge < -0.3 is 19.8 Å². The topological polar surface area (TPSA) is 116 Å². The van der Waals surface area contributed by atoms with Crippen molar-refractivity contribution in [3.63, 3.8) is 0 Å². The van der Waals surface area contributed by atoms with Gasteiger partial charge in [-0.25, -0.2) is 15.0 Å². The number of ether oxygens (including phenoxy) is 1. The number of anilines is 2. The molecule has 6 rings (SSSR count).